The van der Waals surface area contributed by atoms with E-state index in [0.717, 1.165) is 17.7 Å². The van der Waals surface area contributed by atoms with E-state index in [1.54, 1.807) is 33.0 Å². The van der Waals surface area contributed by atoms with E-state index in [-0.39, 0.29) is 30.3 Å². The smallest absolute Gasteiger partial charge is 0.416 e. The number of alkyl halides is 3. The highest BCUT2D eigenvalue weighted by Crippen LogP contribution is 2.46. The Hall–Kier alpha value is -3.29. The van der Waals surface area contributed by atoms with Crippen molar-refractivity contribution in [1.29, 1.82) is 0 Å². The molecule has 0 bridgehead atoms. The van der Waals surface area contributed by atoms with Gasteiger partial charge in [0.2, 0.25) is 6.41 Å². The fourth-order valence-corrected chi connectivity index (χ4v) is 4.06. The molecule has 2 heterocycles. The van der Waals surface area contributed by atoms with Crippen LogP contribution in [0.3, 0.4) is 0 Å². The maximum atomic E-state index is 13.5. The average molecular weight is 430 g/mol. The third-order valence-electron chi connectivity index (χ3n) is 5.62. The molecule has 0 radical (unpaired) electrons. The van der Waals surface area contributed by atoms with Crippen LogP contribution < -0.4 is 4.74 Å². The molecule has 4 rings (SSSR count). The zero-order chi connectivity index (χ0) is 22.6. The van der Waals surface area contributed by atoms with Crippen molar-refractivity contribution in [3.8, 4) is 5.75 Å². The molecule has 2 aliphatic rings. The average Bonchev–Trinajstić information content (AvgIpc) is 3.03. The van der Waals surface area contributed by atoms with Crippen LogP contribution in [0.2, 0.25) is 0 Å². The summed E-state index contributed by atoms with van der Waals surface area (Å²) in [7, 11) is 1.57. The first kappa shape index (κ1) is 21.0. The fourth-order valence-electron chi connectivity index (χ4n) is 4.06. The van der Waals surface area contributed by atoms with Crippen molar-refractivity contribution in [2.24, 2.45) is 0 Å². The number of amides is 2. The lowest BCUT2D eigenvalue weighted by atomic mass is 9.87. The number of fused-ring (bicyclic) bond motifs is 2. The van der Waals surface area contributed by atoms with Crippen LogP contribution in [0.1, 0.15) is 40.9 Å². The van der Waals surface area contributed by atoms with E-state index in [1.807, 2.05) is 12.1 Å². The molecule has 0 unspecified atom stereocenters. The molecular weight excluding hydrogens is 409 g/mol. The number of halogens is 3. The molecule has 2 aromatic carbocycles. The summed E-state index contributed by atoms with van der Waals surface area (Å²) < 4.78 is 46.5. The van der Waals surface area contributed by atoms with Gasteiger partial charge in [-0.1, -0.05) is 18.2 Å². The Labute approximate surface area is 177 Å². The number of nitrogens with zero attached hydrogens (tertiary/aromatic N) is 2. The number of hydrogen-bond acceptors (Lipinski definition) is 3. The van der Waals surface area contributed by atoms with Crippen LogP contribution in [0.5, 0.6) is 5.75 Å². The van der Waals surface area contributed by atoms with Gasteiger partial charge in [0, 0.05) is 30.3 Å². The van der Waals surface area contributed by atoms with Crippen LogP contribution in [0.25, 0.3) is 5.70 Å². The van der Waals surface area contributed by atoms with Crippen LogP contribution in [-0.2, 0) is 17.5 Å². The van der Waals surface area contributed by atoms with E-state index in [0.29, 0.717) is 23.2 Å². The van der Waals surface area contributed by atoms with Crippen LogP contribution >= 0.6 is 0 Å². The van der Waals surface area contributed by atoms with E-state index in [9.17, 15) is 22.8 Å². The van der Waals surface area contributed by atoms with Crippen molar-refractivity contribution < 1.29 is 27.5 Å². The Morgan fingerprint density at radius 1 is 1.16 bits per heavy atom. The number of likely N-dealkylation sites (N-methyl/N-ethyl adjacent to an activating group) is 1. The van der Waals surface area contributed by atoms with Crippen molar-refractivity contribution in [2.45, 2.75) is 32.2 Å². The minimum Gasteiger partial charge on any atom is -0.483 e. The maximum absolute atomic E-state index is 13.5. The molecule has 162 valence electrons. The monoisotopic (exact) mass is 430 g/mol. The van der Waals surface area contributed by atoms with E-state index < -0.39 is 17.3 Å². The van der Waals surface area contributed by atoms with Gasteiger partial charge < -0.3 is 14.5 Å². The molecule has 2 amide bonds. The number of rotatable bonds is 4. The van der Waals surface area contributed by atoms with Gasteiger partial charge in [0.25, 0.3) is 5.91 Å². The van der Waals surface area contributed by atoms with Gasteiger partial charge in [-0.3, -0.25) is 9.59 Å². The van der Waals surface area contributed by atoms with Crippen LogP contribution in [0.15, 0.2) is 48.0 Å². The highest BCUT2D eigenvalue weighted by Gasteiger charge is 2.42. The first-order chi connectivity index (χ1) is 14.5. The summed E-state index contributed by atoms with van der Waals surface area (Å²) in [6.45, 7) is 3.87. The number of carbonyl (C=O) groups is 2. The first-order valence-electron chi connectivity index (χ1n) is 9.72. The van der Waals surface area contributed by atoms with Gasteiger partial charge in [0.1, 0.15) is 11.4 Å². The molecule has 0 spiro atoms. The Balaban J connectivity index is 1.96. The number of benzene rings is 2. The summed E-state index contributed by atoms with van der Waals surface area (Å²) in [5, 5.41) is 0. The molecule has 0 saturated heterocycles. The van der Waals surface area contributed by atoms with Gasteiger partial charge in [-0.05, 0) is 43.7 Å². The molecule has 0 aliphatic carbocycles. The Morgan fingerprint density at radius 2 is 1.87 bits per heavy atom. The zero-order valence-electron chi connectivity index (χ0n) is 17.3. The first-order valence-corrected chi connectivity index (χ1v) is 9.72. The maximum Gasteiger partial charge on any atom is 0.416 e. The Bertz CT molecular complexity index is 1110. The van der Waals surface area contributed by atoms with Gasteiger partial charge in [-0.2, -0.15) is 13.2 Å². The van der Waals surface area contributed by atoms with E-state index in [1.165, 1.54) is 15.9 Å². The largest absolute Gasteiger partial charge is 0.483 e. The Kier molecular flexibility index (Phi) is 4.83. The van der Waals surface area contributed by atoms with Crippen LogP contribution in [-0.4, -0.2) is 41.3 Å². The summed E-state index contributed by atoms with van der Waals surface area (Å²) in [6.07, 6.45) is -3.92. The number of carbonyl (C=O) groups excluding carboxylic acids is 2. The van der Waals surface area contributed by atoms with Crippen molar-refractivity contribution in [1.82, 2.24) is 9.80 Å². The molecular formula is C23H21F3N2O3. The van der Waals surface area contributed by atoms with Crippen molar-refractivity contribution in [3.05, 3.63) is 70.3 Å². The normalized spacial score (nSPS) is 17.2. The molecule has 0 N–H and O–H groups in total. The lowest BCUT2D eigenvalue weighted by Crippen LogP contribution is -2.42. The van der Waals surface area contributed by atoms with E-state index >= 15 is 0 Å². The third-order valence-corrected chi connectivity index (χ3v) is 5.62. The molecule has 2 aliphatic heterocycles. The summed E-state index contributed by atoms with van der Waals surface area (Å²) in [5.41, 5.74) is 0.608. The van der Waals surface area contributed by atoms with Gasteiger partial charge in [-0.15, -0.1) is 0 Å². The van der Waals surface area contributed by atoms with Gasteiger partial charge in [-0.25, -0.2) is 0 Å². The summed E-state index contributed by atoms with van der Waals surface area (Å²) in [6, 6.07) is 10.4. The second-order valence-electron chi connectivity index (χ2n) is 8.22. The second kappa shape index (κ2) is 7.14. The minimum atomic E-state index is -4.55. The van der Waals surface area contributed by atoms with E-state index in [2.05, 4.69) is 0 Å². The number of hydrogen-bond donors (Lipinski definition) is 0. The van der Waals surface area contributed by atoms with Crippen molar-refractivity contribution in [3.63, 3.8) is 0 Å². The third kappa shape index (κ3) is 3.56. The van der Waals surface area contributed by atoms with Crippen LogP contribution in [0.4, 0.5) is 13.2 Å². The predicted molar refractivity (Wildman–Crippen MR) is 108 cm³/mol. The standard InChI is InChI=1S/C23H21F3N2O3/c1-22(2)18(12-27(3)13-29)20(28-11-14-6-4-5-7-16(14)21(28)30)17-10-15(23(24,25)26)8-9-19(17)31-22/h4-10,13H,11-12H2,1-3H3. The van der Waals surface area contributed by atoms with Gasteiger partial charge in [0.15, 0.2) is 0 Å². The quantitative estimate of drug-likeness (QED) is 0.679. The zero-order valence-corrected chi connectivity index (χ0v) is 17.3. The predicted octanol–water partition coefficient (Wildman–Crippen LogP) is 4.33. The lowest BCUT2D eigenvalue weighted by Gasteiger charge is -2.40. The van der Waals surface area contributed by atoms with Crippen molar-refractivity contribution >= 4 is 18.0 Å². The molecule has 0 aromatic heterocycles. The van der Waals surface area contributed by atoms with E-state index in [4.69, 9.17) is 4.74 Å². The second-order valence-corrected chi connectivity index (χ2v) is 8.22. The molecule has 31 heavy (non-hydrogen) atoms. The molecule has 8 heteroatoms. The van der Waals surface area contributed by atoms with Crippen LogP contribution in [0, 0.1) is 0 Å². The SMILES string of the molecule is CN(C=O)CC1=C(N2Cc3ccccc3C2=O)c2cc(C(F)(F)F)ccc2OC1(C)C. The highest BCUT2D eigenvalue weighted by atomic mass is 19.4. The lowest BCUT2D eigenvalue weighted by molar-refractivity contribution is -0.137. The molecule has 0 saturated carbocycles. The highest BCUT2D eigenvalue weighted by molar-refractivity contribution is 6.04. The summed E-state index contributed by atoms with van der Waals surface area (Å²) >= 11 is 0. The minimum absolute atomic E-state index is 0.0989. The fraction of sp³-hybridized carbons (Fsp3) is 0.304. The topological polar surface area (TPSA) is 49.9 Å². The number of ether oxygens (including phenoxy) is 1. The van der Waals surface area contributed by atoms with Crippen molar-refractivity contribution in [2.75, 3.05) is 13.6 Å². The van der Waals surface area contributed by atoms with Gasteiger partial charge >= 0.3 is 6.18 Å². The van der Waals surface area contributed by atoms with Gasteiger partial charge in [0.05, 0.1) is 17.8 Å². The molecule has 2 aromatic rings. The molecule has 0 atom stereocenters. The molecule has 0 fully saturated rings. The summed E-state index contributed by atoms with van der Waals surface area (Å²) in [5.74, 6) is -0.0350. The molecule has 5 nitrogen and oxygen atoms in total. The Morgan fingerprint density at radius 3 is 2.52 bits per heavy atom. The summed E-state index contributed by atoms with van der Waals surface area (Å²) in [4.78, 5) is 27.4.